The summed E-state index contributed by atoms with van der Waals surface area (Å²) in [5.41, 5.74) is 3.88. The van der Waals surface area contributed by atoms with Gasteiger partial charge in [-0.25, -0.2) is 4.99 Å². The van der Waals surface area contributed by atoms with Crippen LogP contribution in [0, 0.1) is 5.92 Å². The van der Waals surface area contributed by atoms with E-state index in [1.54, 1.807) is 0 Å². The third-order valence-corrected chi connectivity index (χ3v) is 5.12. The predicted molar refractivity (Wildman–Crippen MR) is 65.7 cm³/mol. The van der Waals surface area contributed by atoms with Gasteiger partial charge in [0, 0.05) is 7.11 Å². The molecule has 5 aliphatic rings. The average Bonchev–Trinajstić information content (AvgIpc) is 2.45. The Labute approximate surface area is 123 Å². The van der Waals surface area contributed by atoms with Crippen molar-refractivity contribution in [1.82, 2.24) is 5.32 Å². The molecule has 3 saturated heterocycles. The fraction of sp³-hybridized carbons (Fsp3) is 0.909. The van der Waals surface area contributed by atoms with E-state index < -0.39 is 53.9 Å². The SMILES string of the molecule is CO[C@@]1(O)[C@@H]2O[C@]3(O)O[C@H]1[C@@H](O)[C@@]1(NC(N)=N[C@H](O)[C@@H]21)[C@@H]3O. The molecule has 11 nitrogen and oxygen atoms in total. The molecule has 4 bridgehead atoms. The summed E-state index contributed by atoms with van der Waals surface area (Å²) in [6, 6.07) is 0. The minimum atomic E-state index is -2.49. The predicted octanol–water partition coefficient (Wildman–Crippen LogP) is -4.91. The van der Waals surface area contributed by atoms with E-state index in [2.05, 4.69) is 10.3 Å². The quantitative estimate of drug-likeness (QED) is 0.231. The maximum Gasteiger partial charge on any atom is 0.311 e. The lowest BCUT2D eigenvalue weighted by atomic mass is 9.57. The molecule has 4 heterocycles. The van der Waals surface area contributed by atoms with E-state index in [1.807, 2.05) is 0 Å². The van der Waals surface area contributed by atoms with Gasteiger partial charge in [-0.1, -0.05) is 0 Å². The molecule has 124 valence electrons. The summed E-state index contributed by atoms with van der Waals surface area (Å²) in [6.45, 7) is 0. The van der Waals surface area contributed by atoms with Gasteiger partial charge in [0.2, 0.25) is 5.79 Å². The molecule has 1 saturated carbocycles. The standard InChI is InChI=1S/C11H17N3O8/c1-20-10(18)4-2-6(16)13-8(12)14-9(2)3(15)5(10)22-11(19,21-4)7(9)17/h2-7,15-19H,1H3,(H3,12,13,14)/t2-,3-,4-,5+,6-,7+,9-,10+,11+/m1/s1. The molecule has 8 N–H and O–H groups in total. The molecule has 0 unspecified atom stereocenters. The van der Waals surface area contributed by atoms with Crippen molar-refractivity contribution in [3.8, 4) is 0 Å². The second-order valence-electron chi connectivity index (χ2n) is 6.02. The van der Waals surface area contributed by atoms with Crippen LogP contribution in [0.2, 0.25) is 0 Å². The number of nitrogens with one attached hydrogen (secondary N) is 1. The highest BCUT2D eigenvalue weighted by molar-refractivity contribution is 5.80. The van der Waals surface area contributed by atoms with Gasteiger partial charge >= 0.3 is 5.97 Å². The number of hydrogen-bond acceptors (Lipinski definition) is 11. The third kappa shape index (κ3) is 1.28. The molecule has 0 aromatic heterocycles. The minimum Gasteiger partial charge on any atom is -0.388 e. The molecular weight excluding hydrogens is 302 g/mol. The highest BCUT2D eigenvalue weighted by Crippen LogP contribution is 2.58. The Hall–Kier alpha value is -1.05. The summed E-state index contributed by atoms with van der Waals surface area (Å²) in [4.78, 5) is 3.72. The van der Waals surface area contributed by atoms with Gasteiger partial charge in [0.15, 0.2) is 18.3 Å². The molecule has 0 radical (unpaired) electrons. The van der Waals surface area contributed by atoms with E-state index in [1.165, 1.54) is 0 Å². The topological polar surface area (TPSA) is 179 Å². The van der Waals surface area contributed by atoms with Gasteiger partial charge in [0.05, 0.1) is 5.92 Å². The Bertz CT molecular complexity index is 561. The summed E-state index contributed by atoms with van der Waals surface area (Å²) in [6.07, 6.45) is -7.63. The molecule has 9 atom stereocenters. The van der Waals surface area contributed by atoms with Crippen LogP contribution >= 0.6 is 0 Å². The first-order valence-corrected chi connectivity index (χ1v) is 6.72. The van der Waals surface area contributed by atoms with Crippen molar-refractivity contribution >= 4 is 5.96 Å². The van der Waals surface area contributed by atoms with Crippen LogP contribution in [0.1, 0.15) is 0 Å². The minimum absolute atomic E-state index is 0.228. The van der Waals surface area contributed by atoms with Crippen molar-refractivity contribution in [2.45, 2.75) is 47.9 Å². The van der Waals surface area contributed by atoms with Crippen LogP contribution < -0.4 is 11.1 Å². The molecule has 11 heteroatoms. The number of aliphatic hydroxyl groups excluding tert-OH is 3. The van der Waals surface area contributed by atoms with Crippen LogP contribution in [0.3, 0.4) is 0 Å². The van der Waals surface area contributed by atoms with E-state index in [4.69, 9.17) is 19.9 Å². The summed E-state index contributed by atoms with van der Waals surface area (Å²) in [7, 11) is 1.16. The van der Waals surface area contributed by atoms with Crippen molar-refractivity contribution in [3.63, 3.8) is 0 Å². The highest BCUT2D eigenvalue weighted by atomic mass is 16.9. The van der Waals surface area contributed by atoms with Crippen molar-refractivity contribution in [3.05, 3.63) is 0 Å². The number of hydrogen-bond donors (Lipinski definition) is 7. The molecule has 1 aliphatic carbocycles. The van der Waals surface area contributed by atoms with Gasteiger partial charge in [-0.2, -0.15) is 0 Å². The van der Waals surface area contributed by atoms with Crippen molar-refractivity contribution in [1.29, 1.82) is 0 Å². The second-order valence-corrected chi connectivity index (χ2v) is 6.02. The lowest BCUT2D eigenvalue weighted by molar-refractivity contribution is -0.570. The molecule has 1 spiro atoms. The van der Waals surface area contributed by atoms with Crippen molar-refractivity contribution in [2.24, 2.45) is 16.6 Å². The Morgan fingerprint density at radius 3 is 2.50 bits per heavy atom. The van der Waals surface area contributed by atoms with Gasteiger partial charge in [0.25, 0.3) is 0 Å². The number of nitrogens with two attached hydrogens (primary N) is 1. The fourth-order valence-electron chi connectivity index (χ4n) is 4.15. The zero-order chi connectivity index (χ0) is 16.1. The molecule has 0 aromatic rings. The van der Waals surface area contributed by atoms with E-state index in [0.29, 0.717) is 0 Å². The Morgan fingerprint density at radius 1 is 1.23 bits per heavy atom. The first-order valence-electron chi connectivity index (χ1n) is 6.72. The molecule has 4 fully saturated rings. The maximum atomic E-state index is 10.6. The van der Waals surface area contributed by atoms with E-state index in [9.17, 15) is 25.5 Å². The fourth-order valence-corrected chi connectivity index (χ4v) is 4.15. The van der Waals surface area contributed by atoms with E-state index >= 15 is 0 Å². The van der Waals surface area contributed by atoms with Gasteiger partial charge in [-0.3, -0.25) is 0 Å². The van der Waals surface area contributed by atoms with Crippen LogP contribution in [0.15, 0.2) is 4.99 Å². The average molecular weight is 319 g/mol. The third-order valence-electron chi connectivity index (χ3n) is 5.12. The summed E-state index contributed by atoms with van der Waals surface area (Å²) < 4.78 is 15.4. The Morgan fingerprint density at radius 2 is 1.86 bits per heavy atom. The second kappa shape index (κ2) is 3.88. The first kappa shape index (κ1) is 14.5. The Kier molecular flexibility index (Phi) is 2.57. The summed E-state index contributed by atoms with van der Waals surface area (Å²) in [5, 5.41) is 54.9. The largest absolute Gasteiger partial charge is 0.388 e. The van der Waals surface area contributed by atoms with Gasteiger partial charge < -0.3 is 50.8 Å². The number of guanidine groups is 1. The van der Waals surface area contributed by atoms with Gasteiger partial charge in [-0.15, -0.1) is 0 Å². The van der Waals surface area contributed by atoms with Crippen LogP contribution in [-0.2, 0) is 14.2 Å². The zero-order valence-corrected chi connectivity index (χ0v) is 11.4. The number of aliphatic imine (C=N–C) groups is 1. The van der Waals surface area contributed by atoms with Crippen LogP contribution in [0.4, 0.5) is 0 Å². The van der Waals surface area contributed by atoms with E-state index in [0.717, 1.165) is 7.11 Å². The molecular formula is C11H17N3O8. The van der Waals surface area contributed by atoms with Crippen LogP contribution in [-0.4, -0.2) is 86.5 Å². The zero-order valence-electron chi connectivity index (χ0n) is 11.4. The summed E-state index contributed by atoms with van der Waals surface area (Å²) >= 11 is 0. The van der Waals surface area contributed by atoms with Crippen molar-refractivity contribution < 1.29 is 39.7 Å². The van der Waals surface area contributed by atoms with Gasteiger partial charge in [-0.05, 0) is 0 Å². The lowest BCUT2D eigenvalue weighted by Crippen LogP contribution is -2.95. The normalized spacial score (nSPS) is 62.4. The summed E-state index contributed by atoms with van der Waals surface area (Å²) in [5.74, 6) is -6.01. The number of aliphatic hydroxyl groups is 5. The van der Waals surface area contributed by atoms with Gasteiger partial charge in [0.1, 0.15) is 23.9 Å². The van der Waals surface area contributed by atoms with Crippen LogP contribution in [0.5, 0.6) is 0 Å². The molecule has 0 aromatic carbocycles. The number of rotatable bonds is 1. The monoisotopic (exact) mass is 319 g/mol. The maximum absolute atomic E-state index is 10.6. The first-order chi connectivity index (χ1) is 10.2. The molecule has 5 rings (SSSR count). The van der Waals surface area contributed by atoms with Crippen LogP contribution in [0.25, 0.3) is 0 Å². The Balaban J connectivity index is 1.95. The lowest BCUT2D eigenvalue weighted by Gasteiger charge is -2.70. The van der Waals surface area contributed by atoms with Crippen molar-refractivity contribution in [2.75, 3.05) is 7.11 Å². The number of ether oxygens (including phenoxy) is 3. The van der Waals surface area contributed by atoms with E-state index in [-0.39, 0.29) is 5.96 Å². The molecule has 22 heavy (non-hydrogen) atoms. The number of methoxy groups -OCH3 is 1. The number of nitrogens with zero attached hydrogens (tertiary/aromatic N) is 1. The molecule has 4 aliphatic heterocycles. The smallest absolute Gasteiger partial charge is 0.311 e. The molecule has 0 amide bonds. The highest BCUT2D eigenvalue weighted by Gasteiger charge is 2.83.